The summed E-state index contributed by atoms with van der Waals surface area (Å²) in [5.41, 5.74) is 1.71. The number of alkyl halides is 1. The highest BCUT2D eigenvalue weighted by Gasteiger charge is 2.49. The van der Waals surface area contributed by atoms with Crippen molar-refractivity contribution in [3.8, 4) is 0 Å². The number of carbonyl (C=O) groups is 2. The topological polar surface area (TPSA) is 74.3 Å². The summed E-state index contributed by atoms with van der Waals surface area (Å²) in [5, 5.41) is 7.75. The zero-order valence-electron chi connectivity index (χ0n) is 20.0. The van der Waals surface area contributed by atoms with Crippen LogP contribution in [0.3, 0.4) is 0 Å². The van der Waals surface area contributed by atoms with Crippen molar-refractivity contribution in [2.75, 3.05) is 10.2 Å². The molecule has 188 valence electrons. The molecule has 2 heterocycles. The van der Waals surface area contributed by atoms with Gasteiger partial charge in [-0.05, 0) is 88.3 Å². The second-order valence-electron chi connectivity index (χ2n) is 10.4. The van der Waals surface area contributed by atoms with Crippen LogP contribution in [0.25, 0.3) is 0 Å². The van der Waals surface area contributed by atoms with Crippen LogP contribution in [0.15, 0.2) is 24.4 Å². The van der Waals surface area contributed by atoms with Gasteiger partial charge in [-0.3, -0.25) is 19.5 Å². The summed E-state index contributed by atoms with van der Waals surface area (Å²) in [6, 6.07) is 5.00. The Balaban J connectivity index is 1.32. The zero-order chi connectivity index (χ0) is 24.7. The third kappa shape index (κ3) is 5.33. The van der Waals surface area contributed by atoms with E-state index in [4.69, 9.17) is 11.6 Å². The lowest BCUT2D eigenvalue weighted by Crippen LogP contribution is -2.53. The number of hydrogen-bond acceptors (Lipinski definition) is 5. The van der Waals surface area contributed by atoms with E-state index >= 15 is 0 Å². The average Bonchev–Trinajstić information content (AvgIpc) is 3.22. The molecule has 0 bridgehead atoms. The van der Waals surface area contributed by atoms with Gasteiger partial charge in [0, 0.05) is 17.1 Å². The third-order valence-electron chi connectivity index (χ3n) is 7.92. The molecule has 0 spiro atoms. The molecular weight excluding hydrogens is 487 g/mol. The first-order chi connectivity index (χ1) is 16.8. The lowest BCUT2D eigenvalue weighted by atomic mass is 9.89. The summed E-state index contributed by atoms with van der Waals surface area (Å²) < 4.78 is 13.3. The second kappa shape index (κ2) is 10.1. The first-order valence-corrected chi connectivity index (χ1v) is 13.7. The summed E-state index contributed by atoms with van der Waals surface area (Å²) >= 11 is 7.61. The number of aromatic nitrogens is 1. The van der Waals surface area contributed by atoms with Gasteiger partial charge in [0.1, 0.15) is 12.2 Å². The number of halogens is 2. The Hall–Kier alpha value is -2.19. The van der Waals surface area contributed by atoms with Crippen molar-refractivity contribution in [3.63, 3.8) is 0 Å². The van der Waals surface area contributed by atoms with Crippen LogP contribution >= 0.6 is 22.9 Å². The minimum atomic E-state index is -0.838. The fraction of sp³-hybridized carbons (Fsp3) is 0.577. The van der Waals surface area contributed by atoms with Crippen molar-refractivity contribution < 1.29 is 14.0 Å². The van der Waals surface area contributed by atoms with Crippen LogP contribution in [0, 0.1) is 24.7 Å². The van der Waals surface area contributed by atoms with Crippen LogP contribution in [-0.2, 0) is 9.59 Å². The molecule has 2 N–H and O–H groups in total. The number of nitrogens with one attached hydrogen (secondary N) is 2. The summed E-state index contributed by atoms with van der Waals surface area (Å²) in [6.07, 6.45) is 6.52. The molecule has 0 aliphatic heterocycles. The van der Waals surface area contributed by atoms with Gasteiger partial charge in [0.25, 0.3) is 0 Å². The molecule has 3 fully saturated rings. The van der Waals surface area contributed by atoms with Gasteiger partial charge in [0.05, 0.1) is 27.4 Å². The third-order valence-corrected chi connectivity index (χ3v) is 9.40. The van der Waals surface area contributed by atoms with E-state index in [0.717, 1.165) is 40.0 Å². The van der Waals surface area contributed by atoms with Gasteiger partial charge in [-0.1, -0.05) is 11.6 Å². The molecule has 3 aliphatic rings. The van der Waals surface area contributed by atoms with Gasteiger partial charge in [-0.15, -0.1) is 11.3 Å². The average molecular weight is 519 g/mol. The van der Waals surface area contributed by atoms with Crippen LogP contribution in [-0.4, -0.2) is 35.6 Å². The van der Waals surface area contributed by atoms with E-state index in [1.807, 2.05) is 32.0 Å². The molecule has 0 saturated heterocycles. The van der Waals surface area contributed by atoms with E-state index in [9.17, 15) is 14.0 Å². The molecule has 3 aliphatic carbocycles. The lowest BCUT2D eigenvalue weighted by molar-refractivity contribution is -0.125. The van der Waals surface area contributed by atoms with Crippen LogP contribution in [0.5, 0.6) is 0 Å². The molecule has 3 unspecified atom stereocenters. The van der Waals surface area contributed by atoms with Gasteiger partial charge < -0.3 is 10.6 Å². The molecular formula is C26H32ClFN4O2S. The van der Waals surface area contributed by atoms with E-state index < -0.39 is 12.2 Å². The maximum atomic E-state index is 13.3. The minimum Gasteiger partial charge on any atom is -0.376 e. The standard InChI is InChI=1S/C26H32ClFN4O2S/c1-14-22(9-18(27)12-29-14)30-15(2)24-5-6-25(35-24)32(13-33)23(8-17-4-3-16-7-21(16)17)26(34)31-20-10-19(28)11-20/h5-6,9,12-13,15-17,19-21,23,30H,3-4,7-8,10-11H2,1-2H3,(H,31,34)/t15-,16?,17?,19?,20?,21?,23-/m0/s1. The lowest BCUT2D eigenvalue weighted by Gasteiger charge is -2.34. The Morgan fingerprint density at radius 1 is 1.34 bits per heavy atom. The van der Waals surface area contributed by atoms with E-state index in [0.29, 0.717) is 36.1 Å². The molecule has 5 atom stereocenters. The van der Waals surface area contributed by atoms with Gasteiger partial charge in [-0.25, -0.2) is 4.39 Å². The molecule has 5 rings (SSSR count). The normalized spacial score (nSPS) is 28.4. The first kappa shape index (κ1) is 24.5. The summed E-state index contributed by atoms with van der Waals surface area (Å²) in [6.45, 7) is 3.96. The van der Waals surface area contributed by atoms with Crippen LogP contribution in [0.2, 0.25) is 5.02 Å². The number of anilines is 2. The highest BCUT2D eigenvalue weighted by Crippen LogP contribution is 2.57. The Bertz CT molecular complexity index is 1090. The fourth-order valence-corrected chi connectivity index (χ4v) is 6.85. The van der Waals surface area contributed by atoms with Crippen LogP contribution in [0.4, 0.5) is 15.1 Å². The maximum Gasteiger partial charge on any atom is 0.243 e. The number of fused-ring (bicyclic) bond motifs is 1. The summed E-state index contributed by atoms with van der Waals surface area (Å²) in [4.78, 5) is 32.6. The summed E-state index contributed by atoms with van der Waals surface area (Å²) in [7, 11) is 0. The molecule has 9 heteroatoms. The van der Waals surface area contributed by atoms with Crippen molar-refractivity contribution in [1.29, 1.82) is 0 Å². The van der Waals surface area contributed by atoms with E-state index in [1.165, 1.54) is 24.2 Å². The quantitative estimate of drug-likeness (QED) is 0.398. The van der Waals surface area contributed by atoms with E-state index in [2.05, 4.69) is 15.6 Å². The highest BCUT2D eigenvalue weighted by atomic mass is 35.5. The number of hydrogen-bond donors (Lipinski definition) is 2. The van der Waals surface area contributed by atoms with Crippen LogP contribution in [0.1, 0.15) is 62.1 Å². The summed E-state index contributed by atoms with van der Waals surface area (Å²) in [5.74, 6) is 1.79. The van der Waals surface area contributed by atoms with E-state index in [1.54, 1.807) is 11.1 Å². The van der Waals surface area contributed by atoms with Gasteiger partial charge in [0.15, 0.2) is 0 Å². The highest BCUT2D eigenvalue weighted by molar-refractivity contribution is 7.16. The first-order valence-electron chi connectivity index (χ1n) is 12.5. The number of aryl methyl sites for hydroxylation is 1. The number of pyridine rings is 1. The van der Waals surface area contributed by atoms with Crippen molar-refractivity contribution in [2.45, 2.75) is 76.7 Å². The molecule has 2 aromatic rings. The number of carbonyl (C=O) groups excluding carboxylic acids is 2. The monoisotopic (exact) mass is 518 g/mol. The predicted molar refractivity (Wildman–Crippen MR) is 138 cm³/mol. The number of thiophene rings is 1. The molecule has 0 aromatic carbocycles. The number of nitrogens with zero attached hydrogens (tertiary/aromatic N) is 2. The minimum absolute atomic E-state index is 0.0352. The Morgan fingerprint density at radius 3 is 2.80 bits per heavy atom. The predicted octanol–water partition coefficient (Wildman–Crippen LogP) is 5.66. The Labute approximate surface area is 214 Å². The zero-order valence-corrected chi connectivity index (χ0v) is 21.6. The van der Waals surface area contributed by atoms with Gasteiger partial charge in [-0.2, -0.15) is 0 Å². The number of rotatable bonds is 10. The van der Waals surface area contributed by atoms with Crippen molar-refractivity contribution in [3.05, 3.63) is 40.0 Å². The molecule has 0 radical (unpaired) electrons. The second-order valence-corrected chi connectivity index (χ2v) is 11.9. The maximum absolute atomic E-state index is 13.3. The Morgan fingerprint density at radius 2 is 2.14 bits per heavy atom. The SMILES string of the molecule is Cc1ncc(Cl)cc1N[C@@H](C)c1ccc(N(C=O)[C@@H](CC2CCC3CC32)C(=O)NC2CC(F)C2)s1. The molecule has 35 heavy (non-hydrogen) atoms. The van der Waals surface area contributed by atoms with Crippen molar-refractivity contribution >= 4 is 45.9 Å². The van der Waals surface area contributed by atoms with Crippen molar-refractivity contribution in [1.82, 2.24) is 10.3 Å². The molecule has 6 nitrogen and oxygen atoms in total. The van der Waals surface area contributed by atoms with Gasteiger partial charge in [0.2, 0.25) is 12.3 Å². The van der Waals surface area contributed by atoms with Gasteiger partial charge >= 0.3 is 0 Å². The molecule has 3 saturated carbocycles. The Kier molecular flexibility index (Phi) is 7.04. The molecule has 2 amide bonds. The largest absolute Gasteiger partial charge is 0.376 e. The molecule has 2 aromatic heterocycles. The smallest absolute Gasteiger partial charge is 0.243 e. The van der Waals surface area contributed by atoms with Crippen LogP contribution < -0.4 is 15.5 Å². The van der Waals surface area contributed by atoms with Crippen molar-refractivity contribution in [2.24, 2.45) is 17.8 Å². The van der Waals surface area contributed by atoms with E-state index in [-0.39, 0.29) is 18.0 Å². The fourth-order valence-electron chi connectivity index (χ4n) is 5.66. The number of amides is 2.